The second-order valence-electron chi connectivity index (χ2n) is 4.65. The summed E-state index contributed by atoms with van der Waals surface area (Å²) in [4.78, 5) is 0. The quantitative estimate of drug-likeness (QED) is 0.777. The van der Waals surface area contributed by atoms with Gasteiger partial charge in [0.15, 0.2) is 0 Å². The normalized spacial score (nSPS) is 22.1. The summed E-state index contributed by atoms with van der Waals surface area (Å²) < 4.78 is 14.8. The van der Waals surface area contributed by atoms with E-state index in [9.17, 15) is 4.39 Å². The van der Waals surface area contributed by atoms with E-state index in [1.807, 2.05) is 17.8 Å². The van der Waals surface area contributed by atoms with Gasteiger partial charge in [0.25, 0.3) is 0 Å². The minimum Gasteiger partial charge on any atom is -0.378 e. The second-order valence-corrected chi connectivity index (χ2v) is 7.68. The molecule has 2 atom stereocenters. The van der Waals surface area contributed by atoms with Gasteiger partial charge in [0.1, 0.15) is 5.82 Å². The van der Waals surface area contributed by atoms with E-state index in [1.165, 1.54) is 15.8 Å². The molecule has 0 saturated carbocycles. The Bertz CT molecular complexity index is 599. The highest BCUT2D eigenvalue weighted by atomic mass is 35.5. The van der Waals surface area contributed by atoms with E-state index in [0.717, 1.165) is 12.1 Å². The molecule has 2 aromatic rings. The van der Waals surface area contributed by atoms with Crippen LogP contribution in [0.25, 0.3) is 0 Å². The summed E-state index contributed by atoms with van der Waals surface area (Å²) >= 11 is 9.40. The van der Waals surface area contributed by atoms with Crippen LogP contribution in [-0.2, 0) is 0 Å². The lowest BCUT2D eigenvalue weighted by Gasteiger charge is -2.28. The fraction of sp³-hybridized carbons (Fsp3) is 0.286. The third-order valence-electron chi connectivity index (χ3n) is 3.17. The molecule has 1 aliphatic heterocycles. The molecule has 5 heteroatoms. The lowest BCUT2D eigenvalue weighted by atomic mass is 10.0. The van der Waals surface area contributed by atoms with Crippen LogP contribution < -0.4 is 5.32 Å². The maximum Gasteiger partial charge on any atom is 0.143 e. The van der Waals surface area contributed by atoms with Gasteiger partial charge in [0.05, 0.1) is 15.3 Å². The molecule has 0 saturated heterocycles. The average Bonchev–Trinajstić information content (AvgIpc) is 2.82. The maximum absolute atomic E-state index is 13.5. The summed E-state index contributed by atoms with van der Waals surface area (Å²) in [5.41, 5.74) is 2.10. The fourth-order valence-corrected chi connectivity index (χ4v) is 4.96. The Morgan fingerprint density at radius 3 is 3.00 bits per heavy atom. The third kappa shape index (κ3) is 2.76. The number of rotatable bonds is 2. The van der Waals surface area contributed by atoms with Crippen LogP contribution in [0, 0.1) is 5.82 Å². The minimum atomic E-state index is -0.379. The molecule has 1 aromatic heterocycles. The van der Waals surface area contributed by atoms with Crippen molar-refractivity contribution < 1.29 is 4.39 Å². The number of thiophene rings is 1. The highest BCUT2D eigenvalue weighted by Gasteiger charge is 2.26. The van der Waals surface area contributed by atoms with Crippen molar-refractivity contribution in [2.24, 2.45) is 0 Å². The van der Waals surface area contributed by atoms with E-state index in [1.54, 1.807) is 17.4 Å². The number of anilines is 1. The van der Waals surface area contributed by atoms with Gasteiger partial charge in [-0.1, -0.05) is 18.5 Å². The molecule has 0 bridgehead atoms. The van der Waals surface area contributed by atoms with Gasteiger partial charge >= 0.3 is 0 Å². The zero-order chi connectivity index (χ0) is 13.4. The van der Waals surface area contributed by atoms with Gasteiger partial charge in [0, 0.05) is 10.9 Å². The van der Waals surface area contributed by atoms with Crippen LogP contribution in [-0.4, -0.2) is 5.25 Å². The van der Waals surface area contributed by atoms with Crippen molar-refractivity contribution in [3.05, 3.63) is 46.0 Å². The fourth-order valence-electron chi connectivity index (χ4n) is 2.27. The number of thioether (sulfide) groups is 1. The SMILES string of the molecule is C[C@H]1CC(Nc2ccc(Cl)c(F)c2)c2ccsc2S1. The molecule has 1 unspecified atom stereocenters. The summed E-state index contributed by atoms with van der Waals surface area (Å²) in [6, 6.07) is 7.28. The highest BCUT2D eigenvalue weighted by Crippen LogP contribution is 2.44. The van der Waals surface area contributed by atoms with Crippen LogP contribution in [0.5, 0.6) is 0 Å². The van der Waals surface area contributed by atoms with E-state index in [2.05, 4.69) is 23.7 Å². The molecular formula is C14H13ClFNS2. The van der Waals surface area contributed by atoms with Crippen molar-refractivity contribution in [1.29, 1.82) is 0 Å². The van der Waals surface area contributed by atoms with Crippen LogP contribution in [0.4, 0.5) is 10.1 Å². The van der Waals surface area contributed by atoms with E-state index in [0.29, 0.717) is 5.25 Å². The predicted molar refractivity (Wildman–Crippen MR) is 82.0 cm³/mol. The molecule has 0 aliphatic carbocycles. The maximum atomic E-state index is 13.5. The molecule has 0 fully saturated rings. The van der Waals surface area contributed by atoms with Gasteiger partial charge < -0.3 is 5.32 Å². The van der Waals surface area contributed by atoms with Crippen LogP contribution in [0.3, 0.4) is 0 Å². The number of nitrogens with one attached hydrogen (secondary N) is 1. The van der Waals surface area contributed by atoms with E-state index in [-0.39, 0.29) is 16.9 Å². The molecule has 19 heavy (non-hydrogen) atoms. The summed E-state index contributed by atoms with van der Waals surface area (Å²) in [6.45, 7) is 2.23. The Kier molecular flexibility index (Phi) is 3.74. The summed E-state index contributed by atoms with van der Waals surface area (Å²) in [5, 5.41) is 6.27. The van der Waals surface area contributed by atoms with Crippen molar-refractivity contribution in [1.82, 2.24) is 0 Å². The van der Waals surface area contributed by atoms with E-state index < -0.39 is 0 Å². The lowest BCUT2D eigenvalue weighted by Crippen LogP contribution is -2.19. The smallest absolute Gasteiger partial charge is 0.143 e. The van der Waals surface area contributed by atoms with Crippen LogP contribution in [0.15, 0.2) is 33.9 Å². The van der Waals surface area contributed by atoms with Gasteiger partial charge in [-0.2, -0.15) is 0 Å². The first-order valence-electron chi connectivity index (χ1n) is 6.09. The number of hydrogen-bond acceptors (Lipinski definition) is 3. The van der Waals surface area contributed by atoms with Gasteiger partial charge in [-0.25, -0.2) is 4.39 Å². The van der Waals surface area contributed by atoms with Crippen molar-refractivity contribution in [2.45, 2.75) is 28.8 Å². The minimum absolute atomic E-state index is 0.161. The van der Waals surface area contributed by atoms with Gasteiger partial charge in [0.2, 0.25) is 0 Å². The van der Waals surface area contributed by atoms with Crippen LogP contribution in [0.2, 0.25) is 5.02 Å². The summed E-state index contributed by atoms with van der Waals surface area (Å²) in [5.74, 6) is -0.379. The molecule has 1 aliphatic rings. The molecule has 2 heterocycles. The van der Waals surface area contributed by atoms with Gasteiger partial charge in [-0.05, 0) is 41.6 Å². The van der Waals surface area contributed by atoms with Crippen LogP contribution in [0.1, 0.15) is 24.9 Å². The highest BCUT2D eigenvalue weighted by molar-refractivity contribution is 8.01. The molecule has 100 valence electrons. The molecule has 1 aromatic carbocycles. The van der Waals surface area contributed by atoms with Crippen molar-refractivity contribution >= 4 is 40.4 Å². The Hall–Kier alpha value is -0.710. The molecule has 1 nitrogen and oxygen atoms in total. The molecule has 1 N–H and O–H groups in total. The number of halogens is 2. The second kappa shape index (κ2) is 5.35. The monoisotopic (exact) mass is 313 g/mol. The van der Waals surface area contributed by atoms with Crippen molar-refractivity contribution in [2.75, 3.05) is 5.32 Å². The van der Waals surface area contributed by atoms with Crippen LogP contribution >= 0.6 is 34.7 Å². The zero-order valence-corrected chi connectivity index (χ0v) is 12.7. The Morgan fingerprint density at radius 1 is 1.37 bits per heavy atom. The number of benzene rings is 1. The molecule has 0 radical (unpaired) electrons. The number of fused-ring (bicyclic) bond motifs is 1. The zero-order valence-electron chi connectivity index (χ0n) is 10.3. The molecule has 0 spiro atoms. The van der Waals surface area contributed by atoms with Crippen molar-refractivity contribution in [3.63, 3.8) is 0 Å². The predicted octanol–water partition coefficient (Wildman–Crippen LogP) is 5.58. The van der Waals surface area contributed by atoms with E-state index in [4.69, 9.17) is 11.6 Å². The summed E-state index contributed by atoms with van der Waals surface area (Å²) in [6.07, 6.45) is 1.04. The first-order valence-corrected chi connectivity index (χ1v) is 8.23. The topological polar surface area (TPSA) is 12.0 Å². The average molecular weight is 314 g/mol. The Morgan fingerprint density at radius 2 is 2.21 bits per heavy atom. The third-order valence-corrected chi connectivity index (χ3v) is 5.82. The molecular weight excluding hydrogens is 301 g/mol. The first-order chi connectivity index (χ1) is 9.13. The summed E-state index contributed by atoms with van der Waals surface area (Å²) in [7, 11) is 0. The largest absolute Gasteiger partial charge is 0.378 e. The Balaban J connectivity index is 1.86. The lowest BCUT2D eigenvalue weighted by molar-refractivity contribution is 0.626. The van der Waals surface area contributed by atoms with Gasteiger partial charge in [-0.15, -0.1) is 23.1 Å². The van der Waals surface area contributed by atoms with E-state index >= 15 is 0 Å². The Labute approximate surface area is 125 Å². The molecule has 0 amide bonds. The van der Waals surface area contributed by atoms with Crippen molar-refractivity contribution in [3.8, 4) is 0 Å². The van der Waals surface area contributed by atoms with Gasteiger partial charge in [-0.3, -0.25) is 0 Å². The standard InChI is InChI=1S/C14H13ClFNS2/c1-8-6-13(10-4-5-18-14(10)19-8)17-9-2-3-11(15)12(16)7-9/h2-5,7-8,13,17H,6H2,1H3/t8-,13?/m0/s1. The first kappa shape index (κ1) is 13.3. The molecule has 3 rings (SSSR count). The number of hydrogen-bond donors (Lipinski definition) is 1.